The summed E-state index contributed by atoms with van der Waals surface area (Å²) in [5, 5.41) is 6.21. The van der Waals surface area contributed by atoms with E-state index in [2.05, 4.69) is 34.6 Å². The van der Waals surface area contributed by atoms with E-state index in [9.17, 15) is 4.79 Å². The quantitative estimate of drug-likeness (QED) is 0.770. The van der Waals surface area contributed by atoms with E-state index >= 15 is 0 Å². The highest BCUT2D eigenvalue weighted by atomic mass is 16.5. The second-order valence-electron chi connectivity index (χ2n) is 6.97. The van der Waals surface area contributed by atoms with Crippen LogP contribution in [0.5, 0.6) is 5.75 Å². The van der Waals surface area contributed by atoms with E-state index in [4.69, 9.17) is 9.47 Å². The second-order valence-corrected chi connectivity index (χ2v) is 6.97. The van der Waals surface area contributed by atoms with Crippen LogP contribution in [0, 0.1) is 0 Å². The number of carbonyl (C=O) groups excluding carboxylic acids is 1. The maximum absolute atomic E-state index is 11.7. The van der Waals surface area contributed by atoms with E-state index in [1.54, 1.807) is 14.2 Å². The van der Waals surface area contributed by atoms with Gasteiger partial charge in [0.25, 0.3) is 5.91 Å². The van der Waals surface area contributed by atoms with Crippen LogP contribution >= 0.6 is 0 Å². The molecule has 1 aliphatic rings. The predicted octanol–water partition coefficient (Wildman–Crippen LogP) is 2.61. The highest BCUT2D eigenvalue weighted by Crippen LogP contribution is 2.21. The fraction of sp³-hybridized carbons (Fsp3) is 0.409. The van der Waals surface area contributed by atoms with Crippen LogP contribution in [0.15, 0.2) is 48.5 Å². The molecule has 0 aliphatic carbocycles. The first kappa shape index (κ1) is 20.2. The van der Waals surface area contributed by atoms with Crippen LogP contribution in [-0.4, -0.2) is 52.4 Å². The van der Waals surface area contributed by atoms with Gasteiger partial charge in [0.2, 0.25) is 0 Å². The second kappa shape index (κ2) is 9.57. The number of hydrogen-bond donors (Lipinski definition) is 2. The van der Waals surface area contributed by atoms with Gasteiger partial charge in [-0.15, -0.1) is 0 Å². The molecular weight excluding hydrogens is 354 g/mol. The maximum Gasteiger partial charge on any atom is 0.251 e. The average Bonchev–Trinajstić information content (AvgIpc) is 2.77. The molecule has 2 unspecified atom stereocenters. The summed E-state index contributed by atoms with van der Waals surface area (Å²) in [5.41, 5.74) is 2.98. The van der Waals surface area contributed by atoms with Crippen LogP contribution in [0.1, 0.15) is 28.9 Å². The van der Waals surface area contributed by atoms with Gasteiger partial charge in [-0.2, -0.15) is 0 Å². The first-order valence-corrected chi connectivity index (χ1v) is 9.66. The molecule has 150 valence electrons. The van der Waals surface area contributed by atoms with Crippen molar-refractivity contribution in [1.29, 1.82) is 0 Å². The van der Waals surface area contributed by atoms with E-state index in [0.717, 1.165) is 31.1 Å². The molecule has 0 spiro atoms. The molecule has 2 N–H and O–H groups in total. The standard InChI is InChI=1S/C22H29N3O3/c1-16(18-5-4-6-20(13-18)27-3)24-14-21-15-25(11-12-28-21)19-9-7-17(8-10-19)22(26)23-2/h4-10,13,16,21,24H,11-12,14-15H2,1-3H3,(H,23,26). The lowest BCUT2D eigenvalue weighted by Crippen LogP contribution is -2.47. The minimum atomic E-state index is -0.0675. The normalized spacial score (nSPS) is 17.8. The van der Waals surface area contributed by atoms with Gasteiger partial charge in [0.15, 0.2) is 0 Å². The summed E-state index contributed by atoms with van der Waals surface area (Å²) in [4.78, 5) is 14.0. The molecule has 0 bridgehead atoms. The molecule has 1 aliphatic heterocycles. The highest BCUT2D eigenvalue weighted by Gasteiger charge is 2.21. The van der Waals surface area contributed by atoms with E-state index in [1.165, 1.54) is 5.56 Å². The minimum absolute atomic E-state index is 0.0675. The van der Waals surface area contributed by atoms with Crippen molar-refractivity contribution in [1.82, 2.24) is 10.6 Å². The van der Waals surface area contributed by atoms with Gasteiger partial charge >= 0.3 is 0 Å². The highest BCUT2D eigenvalue weighted by molar-refractivity contribution is 5.94. The van der Waals surface area contributed by atoms with E-state index < -0.39 is 0 Å². The van der Waals surface area contributed by atoms with Gasteiger partial charge in [0, 0.05) is 44.0 Å². The zero-order chi connectivity index (χ0) is 19.9. The predicted molar refractivity (Wildman–Crippen MR) is 111 cm³/mol. The Bertz CT molecular complexity index is 779. The summed E-state index contributed by atoms with van der Waals surface area (Å²) in [6.07, 6.45) is 0.112. The number of amides is 1. The third-order valence-corrected chi connectivity index (χ3v) is 5.11. The Morgan fingerprint density at radius 2 is 2.07 bits per heavy atom. The largest absolute Gasteiger partial charge is 0.497 e. The van der Waals surface area contributed by atoms with Crippen LogP contribution in [0.4, 0.5) is 5.69 Å². The van der Waals surface area contributed by atoms with Crippen LogP contribution in [0.25, 0.3) is 0 Å². The Morgan fingerprint density at radius 3 is 2.79 bits per heavy atom. The maximum atomic E-state index is 11.7. The average molecular weight is 383 g/mol. The zero-order valence-electron chi connectivity index (χ0n) is 16.8. The minimum Gasteiger partial charge on any atom is -0.497 e. The molecule has 0 aromatic heterocycles. The Hall–Kier alpha value is -2.57. The van der Waals surface area contributed by atoms with Gasteiger partial charge in [-0.3, -0.25) is 4.79 Å². The summed E-state index contributed by atoms with van der Waals surface area (Å²) in [5.74, 6) is 0.800. The van der Waals surface area contributed by atoms with E-state index in [0.29, 0.717) is 12.2 Å². The number of benzene rings is 2. The number of nitrogens with zero attached hydrogens (tertiary/aromatic N) is 1. The molecule has 1 saturated heterocycles. The third-order valence-electron chi connectivity index (χ3n) is 5.11. The SMILES string of the molecule is CNC(=O)c1ccc(N2CCOC(CNC(C)c3cccc(OC)c3)C2)cc1. The van der Waals surface area contributed by atoms with Gasteiger partial charge in [-0.05, 0) is 48.9 Å². The molecule has 6 heteroatoms. The summed E-state index contributed by atoms with van der Waals surface area (Å²) < 4.78 is 11.3. The molecule has 2 aromatic rings. The first-order chi connectivity index (χ1) is 13.6. The molecule has 1 fully saturated rings. The molecule has 6 nitrogen and oxygen atoms in total. The van der Waals surface area contributed by atoms with Gasteiger partial charge < -0.3 is 25.0 Å². The molecule has 2 atom stereocenters. The van der Waals surface area contributed by atoms with Crippen molar-refractivity contribution in [2.45, 2.75) is 19.1 Å². The summed E-state index contributed by atoms with van der Waals surface area (Å²) in [7, 11) is 3.32. The molecule has 0 radical (unpaired) electrons. The molecule has 3 rings (SSSR count). The molecule has 1 heterocycles. The summed E-state index contributed by atoms with van der Waals surface area (Å²) in [6, 6.07) is 16.0. The number of rotatable bonds is 7. The van der Waals surface area contributed by atoms with Crippen LogP contribution in [0.2, 0.25) is 0 Å². The number of hydrogen-bond acceptors (Lipinski definition) is 5. The Labute approximate surface area is 166 Å². The number of nitrogens with one attached hydrogen (secondary N) is 2. The Morgan fingerprint density at radius 1 is 1.29 bits per heavy atom. The fourth-order valence-corrected chi connectivity index (χ4v) is 3.38. The smallest absolute Gasteiger partial charge is 0.251 e. The van der Waals surface area contributed by atoms with Crippen LogP contribution in [-0.2, 0) is 4.74 Å². The van der Waals surface area contributed by atoms with E-state index in [1.807, 2.05) is 36.4 Å². The van der Waals surface area contributed by atoms with Gasteiger partial charge in [0.1, 0.15) is 5.75 Å². The van der Waals surface area contributed by atoms with Crippen molar-refractivity contribution in [3.8, 4) is 5.75 Å². The van der Waals surface area contributed by atoms with Crippen molar-refractivity contribution in [3.63, 3.8) is 0 Å². The van der Waals surface area contributed by atoms with Crippen molar-refractivity contribution in [2.24, 2.45) is 0 Å². The zero-order valence-corrected chi connectivity index (χ0v) is 16.8. The van der Waals surface area contributed by atoms with Crippen LogP contribution in [0.3, 0.4) is 0 Å². The Balaban J connectivity index is 1.55. The van der Waals surface area contributed by atoms with Crippen molar-refractivity contribution in [3.05, 3.63) is 59.7 Å². The monoisotopic (exact) mass is 383 g/mol. The lowest BCUT2D eigenvalue weighted by Gasteiger charge is -2.35. The number of ether oxygens (including phenoxy) is 2. The number of anilines is 1. The number of carbonyl (C=O) groups is 1. The fourth-order valence-electron chi connectivity index (χ4n) is 3.38. The Kier molecular flexibility index (Phi) is 6.90. The summed E-state index contributed by atoms with van der Waals surface area (Å²) in [6.45, 7) is 5.27. The van der Waals surface area contributed by atoms with Crippen molar-refractivity contribution in [2.75, 3.05) is 45.3 Å². The molecule has 2 aromatic carbocycles. The lowest BCUT2D eigenvalue weighted by atomic mass is 10.1. The topological polar surface area (TPSA) is 62.8 Å². The first-order valence-electron chi connectivity index (χ1n) is 9.66. The van der Waals surface area contributed by atoms with Crippen molar-refractivity contribution < 1.29 is 14.3 Å². The lowest BCUT2D eigenvalue weighted by molar-refractivity contribution is 0.0394. The molecule has 0 saturated carbocycles. The number of methoxy groups -OCH3 is 1. The molecule has 28 heavy (non-hydrogen) atoms. The van der Waals surface area contributed by atoms with Gasteiger partial charge in [0.05, 0.1) is 19.8 Å². The van der Waals surface area contributed by atoms with Gasteiger partial charge in [-0.1, -0.05) is 12.1 Å². The van der Waals surface area contributed by atoms with Crippen molar-refractivity contribution >= 4 is 11.6 Å². The third kappa shape index (κ3) is 5.03. The van der Waals surface area contributed by atoms with Crippen LogP contribution < -0.4 is 20.3 Å². The van der Waals surface area contributed by atoms with E-state index in [-0.39, 0.29) is 18.1 Å². The molecule has 1 amide bonds. The summed E-state index contributed by atoms with van der Waals surface area (Å²) >= 11 is 0. The number of morpholine rings is 1. The van der Waals surface area contributed by atoms with Gasteiger partial charge in [-0.25, -0.2) is 0 Å². The molecular formula is C22H29N3O3.